The molecule has 1 fully saturated rings. The molecule has 0 spiro atoms. The highest BCUT2D eigenvalue weighted by Gasteiger charge is 2.31. The van der Waals surface area contributed by atoms with Crippen LogP contribution in [0, 0.1) is 0 Å². The van der Waals surface area contributed by atoms with Crippen LogP contribution in [-0.2, 0) is 12.0 Å². The van der Waals surface area contributed by atoms with Gasteiger partial charge in [-0.1, -0.05) is 0 Å². The van der Waals surface area contributed by atoms with E-state index in [0.29, 0.717) is 13.0 Å². The lowest BCUT2D eigenvalue weighted by Gasteiger charge is -2.21. The molecule has 2 heterocycles. The van der Waals surface area contributed by atoms with Gasteiger partial charge >= 0.3 is 0 Å². The van der Waals surface area contributed by atoms with Crippen molar-refractivity contribution in [2.24, 2.45) is 0 Å². The van der Waals surface area contributed by atoms with Crippen molar-refractivity contribution in [3.05, 3.63) is 18.0 Å². The average Bonchev–Trinajstić information content (AvgIpc) is 2.74. The zero-order valence-electron chi connectivity index (χ0n) is 10.3. The normalized spacial score (nSPS) is 26.2. The maximum Gasteiger partial charge on any atom is 0.0824 e. The maximum absolute atomic E-state index is 10.3. The van der Waals surface area contributed by atoms with Crippen molar-refractivity contribution in [2.75, 3.05) is 13.1 Å². The van der Waals surface area contributed by atoms with Crippen LogP contribution in [0.4, 0.5) is 0 Å². The molecule has 1 aliphatic rings. The summed E-state index contributed by atoms with van der Waals surface area (Å²) < 4.78 is 1.95. The summed E-state index contributed by atoms with van der Waals surface area (Å²) in [4.78, 5) is 0. The number of β-amino-alcohol motifs (C(OH)–C–C–N with tert-alkyl or cyclic N) is 1. The van der Waals surface area contributed by atoms with E-state index in [4.69, 9.17) is 0 Å². The number of hydrogen-bond acceptors (Lipinski definition) is 3. The number of aromatic nitrogens is 2. The minimum atomic E-state index is -0.578. The minimum Gasteiger partial charge on any atom is -0.388 e. The number of rotatable bonds is 2. The van der Waals surface area contributed by atoms with E-state index in [-0.39, 0.29) is 5.54 Å². The molecule has 0 amide bonds. The van der Waals surface area contributed by atoms with Crippen molar-refractivity contribution in [1.29, 1.82) is 0 Å². The second-order valence-electron chi connectivity index (χ2n) is 5.79. The number of nitrogens with zero attached hydrogens (tertiary/aromatic N) is 2. The number of nitrogens with one attached hydrogen (secondary N) is 1. The minimum absolute atomic E-state index is 0.00873. The van der Waals surface area contributed by atoms with Crippen LogP contribution in [0.2, 0.25) is 0 Å². The van der Waals surface area contributed by atoms with Crippen LogP contribution in [0.25, 0.3) is 0 Å². The van der Waals surface area contributed by atoms with E-state index in [0.717, 1.165) is 18.5 Å². The third-order valence-electron chi connectivity index (χ3n) is 3.08. The smallest absolute Gasteiger partial charge is 0.0824 e. The Labute approximate surface area is 96.7 Å². The Hall–Kier alpha value is -0.870. The molecule has 4 heteroatoms. The Balaban J connectivity index is 2.08. The van der Waals surface area contributed by atoms with Crippen molar-refractivity contribution in [1.82, 2.24) is 15.1 Å². The first-order valence-corrected chi connectivity index (χ1v) is 5.86. The van der Waals surface area contributed by atoms with Gasteiger partial charge in [0.2, 0.25) is 0 Å². The zero-order chi connectivity index (χ0) is 11.8. The molecule has 2 N–H and O–H groups in total. The van der Waals surface area contributed by atoms with Gasteiger partial charge in [-0.3, -0.25) is 4.68 Å². The third kappa shape index (κ3) is 2.44. The van der Waals surface area contributed by atoms with E-state index < -0.39 is 5.60 Å². The fourth-order valence-electron chi connectivity index (χ4n) is 2.08. The molecule has 1 aliphatic heterocycles. The largest absolute Gasteiger partial charge is 0.388 e. The van der Waals surface area contributed by atoms with Crippen LogP contribution in [0.1, 0.15) is 32.8 Å². The molecular weight excluding hydrogens is 202 g/mol. The van der Waals surface area contributed by atoms with Crippen molar-refractivity contribution < 1.29 is 5.11 Å². The summed E-state index contributed by atoms with van der Waals surface area (Å²) in [6.07, 6.45) is 5.42. The monoisotopic (exact) mass is 223 g/mol. The highest BCUT2D eigenvalue weighted by atomic mass is 16.3. The first-order valence-electron chi connectivity index (χ1n) is 5.86. The Bertz CT molecular complexity index is 359. The molecule has 0 bridgehead atoms. The summed E-state index contributed by atoms with van der Waals surface area (Å²) >= 11 is 0. The van der Waals surface area contributed by atoms with Gasteiger partial charge in [0.25, 0.3) is 0 Å². The average molecular weight is 223 g/mol. The van der Waals surface area contributed by atoms with Gasteiger partial charge < -0.3 is 10.4 Å². The van der Waals surface area contributed by atoms with Gasteiger partial charge in [-0.05, 0) is 39.3 Å². The molecule has 1 aromatic rings. The first kappa shape index (κ1) is 11.6. The molecule has 1 unspecified atom stereocenters. The van der Waals surface area contributed by atoms with Gasteiger partial charge in [-0.25, -0.2) is 0 Å². The van der Waals surface area contributed by atoms with Gasteiger partial charge in [0.05, 0.1) is 17.3 Å². The first-order chi connectivity index (χ1) is 7.39. The molecule has 1 aromatic heterocycles. The van der Waals surface area contributed by atoms with Crippen LogP contribution in [0.15, 0.2) is 12.4 Å². The molecule has 0 aromatic carbocycles. The van der Waals surface area contributed by atoms with E-state index in [1.54, 1.807) is 0 Å². The summed E-state index contributed by atoms with van der Waals surface area (Å²) in [5.74, 6) is 0. The molecule has 0 saturated carbocycles. The van der Waals surface area contributed by atoms with Crippen LogP contribution in [0.3, 0.4) is 0 Å². The lowest BCUT2D eigenvalue weighted by atomic mass is 9.95. The lowest BCUT2D eigenvalue weighted by Crippen LogP contribution is -2.33. The van der Waals surface area contributed by atoms with E-state index >= 15 is 0 Å². The Kier molecular flexibility index (Phi) is 2.80. The van der Waals surface area contributed by atoms with Gasteiger partial charge in [-0.15, -0.1) is 0 Å². The predicted molar refractivity (Wildman–Crippen MR) is 63.4 cm³/mol. The van der Waals surface area contributed by atoms with Crippen molar-refractivity contribution in [3.8, 4) is 0 Å². The van der Waals surface area contributed by atoms with Gasteiger partial charge in [0.15, 0.2) is 0 Å². The predicted octanol–water partition coefficient (Wildman–Crippen LogP) is 0.905. The Morgan fingerprint density at radius 2 is 2.31 bits per heavy atom. The van der Waals surface area contributed by atoms with Crippen LogP contribution >= 0.6 is 0 Å². The van der Waals surface area contributed by atoms with E-state index in [1.165, 1.54) is 0 Å². The molecular formula is C12H21N3O. The summed E-state index contributed by atoms with van der Waals surface area (Å²) in [6, 6.07) is 0. The van der Waals surface area contributed by atoms with Crippen LogP contribution in [0.5, 0.6) is 0 Å². The summed E-state index contributed by atoms with van der Waals surface area (Å²) in [5.41, 5.74) is 0.543. The second-order valence-corrected chi connectivity index (χ2v) is 5.79. The fourth-order valence-corrected chi connectivity index (χ4v) is 2.08. The van der Waals surface area contributed by atoms with Gasteiger partial charge in [0.1, 0.15) is 0 Å². The standard InChI is InChI=1S/C12H21N3O/c1-11(2,3)15-8-10(7-14-15)6-12(16)4-5-13-9-12/h7-8,13,16H,4-6,9H2,1-3H3. The molecule has 4 nitrogen and oxygen atoms in total. The molecule has 90 valence electrons. The SMILES string of the molecule is CC(C)(C)n1cc(CC2(O)CCNC2)cn1. The Morgan fingerprint density at radius 3 is 2.81 bits per heavy atom. The van der Waals surface area contributed by atoms with Crippen molar-refractivity contribution in [2.45, 2.75) is 44.8 Å². The van der Waals surface area contributed by atoms with E-state index in [1.807, 2.05) is 17.1 Å². The molecule has 0 aliphatic carbocycles. The van der Waals surface area contributed by atoms with Gasteiger partial charge in [0, 0.05) is 19.2 Å². The molecule has 1 atom stereocenters. The maximum atomic E-state index is 10.3. The zero-order valence-corrected chi connectivity index (χ0v) is 10.3. The van der Waals surface area contributed by atoms with Crippen LogP contribution in [-0.4, -0.2) is 33.6 Å². The Morgan fingerprint density at radius 1 is 1.56 bits per heavy atom. The van der Waals surface area contributed by atoms with E-state index in [9.17, 15) is 5.11 Å². The molecule has 0 radical (unpaired) electrons. The lowest BCUT2D eigenvalue weighted by molar-refractivity contribution is 0.0618. The fraction of sp³-hybridized carbons (Fsp3) is 0.750. The van der Waals surface area contributed by atoms with Crippen LogP contribution < -0.4 is 5.32 Å². The topological polar surface area (TPSA) is 50.1 Å². The second kappa shape index (κ2) is 3.86. The summed E-state index contributed by atoms with van der Waals surface area (Å²) in [6.45, 7) is 7.96. The van der Waals surface area contributed by atoms with E-state index in [2.05, 4.69) is 31.2 Å². The third-order valence-corrected chi connectivity index (χ3v) is 3.08. The molecule has 1 saturated heterocycles. The number of hydrogen-bond donors (Lipinski definition) is 2. The highest BCUT2D eigenvalue weighted by Crippen LogP contribution is 2.21. The number of aliphatic hydroxyl groups is 1. The molecule has 2 rings (SSSR count). The quantitative estimate of drug-likeness (QED) is 0.783. The summed E-state index contributed by atoms with van der Waals surface area (Å²) in [5, 5.41) is 17.8. The molecule has 16 heavy (non-hydrogen) atoms. The highest BCUT2D eigenvalue weighted by molar-refractivity contribution is 5.11. The van der Waals surface area contributed by atoms with Crippen molar-refractivity contribution in [3.63, 3.8) is 0 Å². The van der Waals surface area contributed by atoms with Crippen molar-refractivity contribution >= 4 is 0 Å². The van der Waals surface area contributed by atoms with Gasteiger partial charge in [-0.2, -0.15) is 5.10 Å². The summed E-state index contributed by atoms with van der Waals surface area (Å²) in [7, 11) is 0.